The molecule has 5 rings (SSSR count). The van der Waals surface area contributed by atoms with Crippen molar-refractivity contribution in [2.45, 2.75) is 24.0 Å². The fourth-order valence-electron chi connectivity index (χ4n) is 4.99. The summed E-state index contributed by atoms with van der Waals surface area (Å²) in [7, 11) is 3.51. The second-order valence-electron chi connectivity index (χ2n) is 8.67. The van der Waals surface area contributed by atoms with E-state index in [-0.39, 0.29) is 5.82 Å². The van der Waals surface area contributed by atoms with Crippen LogP contribution >= 0.6 is 11.8 Å². The van der Waals surface area contributed by atoms with E-state index in [1.54, 1.807) is 18.0 Å². The van der Waals surface area contributed by atoms with Crippen molar-refractivity contribution in [3.8, 4) is 17.3 Å². The van der Waals surface area contributed by atoms with Crippen molar-refractivity contribution in [3.63, 3.8) is 0 Å². The molecule has 0 bridgehead atoms. The van der Waals surface area contributed by atoms with Gasteiger partial charge in [0.2, 0.25) is 0 Å². The van der Waals surface area contributed by atoms with Crippen molar-refractivity contribution in [3.05, 3.63) is 48.4 Å². The standard InChI is InChI=1S/C24H29FN6OS/c1-29-23(20-6-3-4-10-26-20)27-28-24(29)33-13-5-11-30-15-17-9-12-31(21(17)16-30)18-7-8-19(25)22(14-18)32-2/h3-4,6-8,10,14,17,21H,5,9,11-13,15-16H2,1-2H3/t17-,21+/m0/s1. The zero-order chi connectivity index (χ0) is 22.8. The zero-order valence-electron chi connectivity index (χ0n) is 19.0. The third kappa shape index (κ3) is 4.56. The van der Waals surface area contributed by atoms with Gasteiger partial charge in [-0.05, 0) is 49.6 Å². The van der Waals surface area contributed by atoms with E-state index in [0.717, 1.165) is 60.7 Å². The van der Waals surface area contributed by atoms with Crippen molar-refractivity contribution in [1.29, 1.82) is 0 Å². The molecule has 2 atom stereocenters. The maximum absolute atomic E-state index is 13.8. The third-order valence-corrected chi connectivity index (χ3v) is 7.77. The van der Waals surface area contributed by atoms with Crippen molar-refractivity contribution in [2.75, 3.05) is 43.9 Å². The van der Waals surface area contributed by atoms with Crippen molar-refractivity contribution in [2.24, 2.45) is 13.0 Å². The molecule has 0 saturated carbocycles. The maximum atomic E-state index is 13.8. The number of methoxy groups -OCH3 is 1. The number of anilines is 1. The number of hydrogen-bond acceptors (Lipinski definition) is 7. The first-order valence-corrected chi connectivity index (χ1v) is 12.4. The molecular formula is C24H29FN6OS. The quantitative estimate of drug-likeness (QED) is 0.369. The highest BCUT2D eigenvalue weighted by Gasteiger charge is 2.41. The second-order valence-corrected chi connectivity index (χ2v) is 9.73. The number of rotatable bonds is 8. The lowest BCUT2D eigenvalue weighted by atomic mass is 10.0. The second kappa shape index (κ2) is 9.69. The molecule has 0 aliphatic carbocycles. The molecule has 2 saturated heterocycles. The highest BCUT2D eigenvalue weighted by atomic mass is 32.2. The van der Waals surface area contributed by atoms with Crippen LogP contribution < -0.4 is 9.64 Å². The topological polar surface area (TPSA) is 59.3 Å². The lowest BCUT2D eigenvalue weighted by Gasteiger charge is -2.27. The predicted octanol–water partition coefficient (Wildman–Crippen LogP) is 3.72. The van der Waals surface area contributed by atoms with Crippen LogP contribution in [0.15, 0.2) is 47.8 Å². The molecule has 4 heterocycles. The predicted molar refractivity (Wildman–Crippen MR) is 128 cm³/mol. The molecule has 0 amide bonds. The summed E-state index contributed by atoms with van der Waals surface area (Å²) in [4.78, 5) is 9.37. The van der Waals surface area contributed by atoms with Gasteiger partial charge in [0.1, 0.15) is 5.69 Å². The summed E-state index contributed by atoms with van der Waals surface area (Å²) < 4.78 is 21.0. The van der Waals surface area contributed by atoms with Gasteiger partial charge in [0, 0.05) is 56.4 Å². The Bertz CT molecular complexity index is 1090. The molecule has 1 aromatic carbocycles. The van der Waals surface area contributed by atoms with Gasteiger partial charge in [0.05, 0.1) is 7.11 Å². The molecule has 0 radical (unpaired) electrons. The summed E-state index contributed by atoms with van der Waals surface area (Å²) in [6.07, 6.45) is 4.06. The number of thioether (sulfide) groups is 1. The first kappa shape index (κ1) is 22.2. The van der Waals surface area contributed by atoms with E-state index in [4.69, 9.17) is 4.74 Å². The average molecular weight is 469 g/mol. The van der Waals surface area contributed by atoms with E-state index >= 15 is 0 Å². The SMILES string of the molecule is COc1cc(N2CC[C@H]3CN(CCCSc4nnc(-c5ccccn5)n4C)C[C@H]32)ccc1F. The number of nitrogens with zero attached hydrogens (tertiary/aromatic N) is 6. The molecule has 9 heteroatoms. The van der Waals surface area contributed by atoms with Crippen LogP contribution in [0, 0.1) is 11.7 Å². The Kier molecular flexibility index (Phi) is 6.50. The summed E-state index contributed by atoms with van der Waals surface area (Å²) in [5.74, 6) is 2.48. The van der Waals surface area contributed by atoms with Gasteiger partial charge in [0.25, 0.3) is 0 Å². The number of likely N-dealkylation sites (tertiary alicyclic amines) is 1. The minimum atomic E-state index is -0.308. The lowest BCUT2D eigenvalue weighted by molar-refractivity contribution is 0.319. The van der Waals surface area contributed by atoms with Gasteiger partial charge in [-0.2, -0.15) is 0 Å². The molecule has 3 aromatic rings. The van der Waals surface area contributed by atoms with Crippen molar-refractivity contribution < 1.29 is 9.13 Å². The van der Waals surface area contributed by atoms with Crippen molar-refractivity contribution >= 4 is 17.4 Å². The van der Waals surface area contributed by atoms with E-state index < -0.39 is 0 Å². The summed E-state index contributed by atoms with van der Waals surface area (Å²) in [5.41, 5.74) is 1.90. The van der Waals surface area contributed by atoms with Gasteiger partial charge >= 0.3 is 0 Å². The minimum Gasteiger partial charge on any atom is -0.494 e. The Morgan fingerprint density at radius 3 is 2.91 bits per heavy atom. The summed E-state index contributed by atoms with van der Waals surface area (Å²) in [5, 5.41) is 9.59. The third-order valence-electron chi connectivity index (χ3n) is 6.67. The summed E-state index contributed by atoms with van der Waals surface area (Å²) >= 11 is 1.75. The fraction of sp³-hybridized carbons (Fsp3) is 0.458. The molecule has 0 unspecified atom stereocenters. The van der Waals surface area contributed by atoms with Gasteiger partial charge in [-0.15, -0.1) is 10.2 Å². The van der Waals surface area contributed by atoms with Crippen LogP contribution in [0.4, 0.5) is 10.1 Å². The van der Waals surface area contributed by atoms with Gasteiger partial charge in [-0.3, -0.25) is 4.98 Å². The number of benzene rings is 1. The van der Waals surface area contributed by atoms with Crippen molar-refractivity contribution in [1.82, 2.24) is 24.6 Å². The van der Waals surface area contributed by atoms with E-state index in [9.17, 15) is 4.39 Å². The van der Waals surface area contributed by atoms with Crippen LogP contribution in [0.3, 0.4) is 0 Å². The summed E-state index contributed by atoms with van der Waals surface area (Å²) in [6, 6.07) is 11.5. The number of hydrogen-bond donors (Lipinski definition) is 0. The molecule has 0 N–H and O–H groups in total. The van der Waals surface area contributed by atoms with Crippen LogP contribution in [0.1, 0.15) is 12.8 Å². The lowest BCUT2D eigenvalue weighted by Crippen LogP contribution is -2.35. The van der Waals surface area contributed by atoms with E-state index in [0.29, 0.717) is 17.7 Å². The first-order chi connectivity index (χ1) is 16.1. The molecule has 2 fully saturated rings. The van der Waals surface area contributed by atoms with Crippen LogP contribution in [-0.2, 0) is 7.05 Å². The average Bonchev–Trinajstić information content (AvgIpc) is 3.52. The minimum absolute atomic E-state index is 0.308. The van der Waals surface area contributed by atoms with Gasteiger partial charge in [-0.1, -0.05) is 17.8 Å². The number of aromatic nitrogens is 4. The van der Waals surface area contributed by atoms with E-state index in [1.165, 1.54) is 19.6 Å². The number of pyridine rings is 1. The zero-order valence-corrected chi connectivity index (χ0v) is 19.8. The number of fused-ring (bicyclic) bond motifs is 1. The smallest absolute Gasteiger partial charge is 0.191 e. The molecule has 2 aliphatic rings. The number of ether oxygens (including phenoxy) is 1. The van der Waals surface area contributed by atoms with Crippen LogP contribution in [0.2, 0.25) is 0 Å². The fourth-order valence-corrected chi connectivity index (χ4v) is 5.82. The Labute approximate surface area is 198 Å². The highest BCUT2D eigenvalue weighted by Crippen LogP contribution is 2.37. The molecule has 0 spiro atoms. The van der Waals surface area contributed by atoms with E-state index in [2.05, 4.69) is 25.0 Å². The molecule has 2 aromatic heterocycles. The normalized spacial score (nSPS) is 20.4. The molecule has 2 aliphatic heterocycles. The Hall–Kier alpha value is -2.65. The molecule has 33 heavy (non-hydrogen) atoms. The molecular weight excluding hydrogens is 439 g/mol. The molecule has 174 valence electrons. The largest absolute Gasteiger partial charge is 0.494 e. The number of halogens is 1. The van der Waals surface area contributed by atoms with Gasteiger partial charge in [0.15, 0.2) is 22.5 Å². The van der Waals surface area contributed by atoms with Crippen LogP contribution in [0.25, 0.3) is 11.5 Å². The van der Waals surface area contributed by atoms with Gasteiger partial charge in [-0.25, -0.2) is 4.39 Å². The maximum Gasteiger partial charge on any atom is 0.191 e. The van der Waals surface area contributed by atoms with Crippen LogP contribution in [-0.4, -0.2) is 69.7 Å². The monoisotopic (exact) mass is 468 g/mol. The van der Waals surface area contributed by atoms with E-state index in [1.807, 2.05) is 41.9 Å². The molecule has 7 nitrogen and oxygen atoms in total. The Morgan fingerprint density at radius 1 is 1.18 bits per heavy atom. The Balaban J connectivity index is 1.12. The first-order valence-electron chi connectivity index (χ1n) is 11.4. The Morgan fingerprint density at radius 2 is 2.09 bits per heavy atom. The summed E-state index contributed by atoms with van der Waals surface area (Å²) in [6.45, 7) is 4.30. The van der Waals surface area contributed by atoms with Gasteiger partial charge < -0.3 is 19.1 Å². The van der Waals surface area contributed by atoms with Crippen LogP contribution in [0.5, 0.6) is 5.75 Å². The highest BCUT2D eigenvalue weighted by molar-refractivity contribution is 7.99.